The fraction of sp³-hybridized carbons (Fsp3) is 0.200. The maximum atomic E-state index is 13.2. The maximum Gasteiger partial charge on any atom is 0.278 e. The molecule has 0 saturated heterocycles. The lowest BCUT2D eigenvalue weighted by Gasteiger charge is -2.12. The number of methoxy groups -OCH3 is 2. The van der Waals surface area contributed by atoms with Crippen LogP contribution >= 0.6 is 12.2 Å². The molecule has 0 aliphatic carbocycles. The topological polar surface area (TPSA) is 87.0 Å². The second-order valence-corrected chi connectivity index (χ2v) is 6.92. The average Bonchev–Trinajstić information content (AvgIpc) is 3.10. The van der Waals surface area contributed by atoms with E-state index in [-0.39, 0.29) is 17.9 Å². The lowest BCUT2D eigenvalue weighted by atomic mass is 10.1. The van der Waals surface area contributed by atoms with Crippen molar-refractivity contribution in [2.45, 2.75) is 13.1 Å². The van der Waals surface area contributed by atoms with Crippen molar-refractivity contribution in [1.82, 2.24) is 24.5 Å². The molecule has 0 aliphatic rings. The first kappa shape index (κ1) is 19.8. The Bertz CT molecular complexity index is 1330. The van der Waals surface area contributed by atoms with E-state index in [1.165, 1.54) is 31.0 Å². The molecule has 10 heteroatoms. The maximum absolute atomic E-state index is 13.2. The van der Waals surface area contributed by atoms with E-state index in [0.717, 1.165) is 5.56 Å². The fourth-order valence-electron chi connectivity index (χ4n) is 3.24. The fourth-order valence-corrected chi connectivity index (χ4v) is 3.45. The van der Waals surface area contributed by atoms with Crippen LogP contribution in [0.1, 0.15) is 11.4 Å². The first-order valence-corrected chi connectivity index (χ1v) is 9.42. The number of aromatic amines is 1. The molecular formula is C20H18FN5O3S. The number of rotatable bonds is 6. The Morgan fingerprint density at radius 2 is 1.87 bits per heavy atom. The van der Waals surface area contributed by atoms with Crippen LogP contribution in [0, 0.1) is 10.6 Å². The number of nitrogens with one attached hydrogen (secondary N) is 1. The molecule has 0 unspecified atom stereocenters. The zero-order chi connectivity index (χ0) is 21.3. The summed E-state index contributed by atoms with van der Waals surface area (Å²) < 4.78 is 27.3. The molecule has 0 saturated carbocycles. The second-order valence-electron chi connectivity index (χ2n) is 6.53. The molecular weight excluding hydrogens is 409 g/mol. The van der Waals surface area contributed by atoms with Crippen molar-refractivity contribution in [3.63, 3.8) is 0 Å². The second kappa shape index (κ2) is 8.07. The highest BCUT2D eigenvalue weighted by Crippen LogP contribution is 2.32. The molecule has 154 valence electrons. The first-order valence-electron chi connectivity index (χ1n) is 9.01. The van der Waals surface area contributed by atoms with E-state index in [0.29, 0.717) is 39.4 Å². The summed E-state index contributed by atoms with van der Waals surface area (Å²) in [6.45, 7) is 0.466. The highest BCUT2D eigenvalue weighted by molar-refractivity contribution is 7.71. The van der Waals surface area contributed by atoms with Crippen LogP contribution < -0.4 is 15.0 Å². The lowest BCUT2D eigenvalue weighted by molar-refractivity contribution is 0.358. The summed E-state index contributed by atoms with van der Waals surface area (Å²) in [6.07, 6.45) is 1.59. The Kier molecular flexibility index (Phi) is 5.32. The monoisotopic (exact) mass is 427 g/mol. The Balaban J connectivity index is 1.75. The van der Waals surface area contributed by atoms with Gasteiger partial charge in [0.25, 0.3) is 5.56 Å². The molecule has 2 aromatic carbocycles. The van der Waals surface area contributed by atoms with E-state index in [2.05, 4.69) is 15.3 Å². The number of benzene rings is 2. The van der Waals surface area contributed by atoms with Crippen LogP contribution in [0.5, 0.6) is 11.5 Å². The quantitative estimate of drug-likeness (QED) is 0.476. The van der Waals surface area contributed by atoms with Crippen LogP contribution in [0.25, 0.3) is 10.8 Å². The van der Waals surface area contributed by atoms with Gasteiger partial charge < -0.3 is 9.47 Å². The van der Waals surface area contributed by atoms with Crippen molar-refractivity contribution in [3.8, 4) is 11.5 Å². The zero-order valence-corrected chi connectivity index (χ0v) is 17.1. The van der Waals surface area contributed by atoms with Crippen molar-refractivity contribution in [1.29, 1.82) is 0 Å². The molecule has 4 aromatic rings. The largest absolute Gasteiger partial charge is 0.493 e. The molecule has 0 aliphatic heterocycles. The molecule has 2 aromatic heterocycles. The van der Waals surface area contributed by atoms with Gasteiger partial charge in [0.2, 0.25) is 0 Å². The zero-order valence-electron chi connectivity index (χ0n) is 16.3. The van der Waals surface area contributed by atoms with Crippen LogP contribution in [0.4, 0.5) is 4.39 Å². The van der Waals surface area contributed by atoms with Crippen molar-refractivity contribution in [2.24, 2.45) is 0 Å². The van der Waals surface area contributed by atoms with Crippen LogP contribution in [0.3, 0.4) is 0 Å². The number of H-pyrrole nitrogens is 1. The van der Waals surface area contributed by atoms with E-state index < -0.39 is 0 Å². The molecule has 0 bridgehead atoms. The summed E-state index contributed by atoms with van der Waals surface area (Å²) in [5, 5.41) is 12.2. The standard InChI is InChI=1S/C20H18FN5O3S/c1-28-15-8-5-13-9-22-26(19(27)17(13)18(15)29-2)11-16-23-24-20(30)25(16)10-12-3-6-14(21)7-4-12/h3-9H,10-11H2,1-2H3,(H,24,30). The highest BCUT2D eigenvalue weighted by Gasteiger charge is 2.16. The normalized spacial score (nSPS) is 11.0. The van der Waals surface area contributed by atoms with Gasteiger partial charge in [-0.05, 0) is 42.0 Å². The van der Waals surface area contributed by atoms with Gasteiger partial charge in [0.05, 0.1) is 32.3 Å². The molecule has 30 heavy (non-hydrogen) atoms. The molecule has 0 atom stereocenters. The molecule has 0 radical (unpaired) electrons. The molecule has 0 fully saturated rings. The van der Waals surface area contributed by atoms with Crippen molar-refractivity contribution < 1.29 is 13.9 Å². The summed E-state index contributed by atoms with van der Waals surface area (Å²) in [5.74, 6) is 1.01. The molecule has 2 heterocycles. The summed E-state index contributed by atoms with van der Waals surface area (Å²) in [7, 11) is 2.99. The summed E-state index contributed by atoms with van der Waals surface area (Å²) in [4.78, 5) is 13.1. The Morgan fingerprint density at radius 1 is 1.10 bits per heavy atom. The van der Waals surface area contributed by atoms with Crippen LogP contribution in [0.2, 0.25) is 0 Å². The van der Waals surface area contributed by atoms with Gasteiger partial charge in [-0.2, -0.15) is 10.2 Å². The lowest BCUT2D eigenvalue weighted by Crippen LogP contribution is -2.25. The molecule has 4 rings (SSSR count). The van der Waals surface area contributed by atoms with Gasteiger partial charge in [-0.15, -0.1) is 0 Å². The van der Waals surface area contributed by atoms with Crippen molar-refractivity contribution in [3.05, 3.63) is 74.9 Å². The predicted octanol–water partition coefficient (Wildman–Crippen LogP) is 2.90. The van der Waals surface area contributed by atoms with Crippen LogP contribution in [-0.2, 0) is 13.1 Å². The van der Waals surface area contributed by atoms with E-state index in [1.54, 1.807) is 35.0 Å². The van der Waals surface area contributed by atoms with Crippen molar-refractivity contribution >= 4 is 23.0 Å². The number of ether oxygens (including phenoxy) is 2. The predicted molar refractivity (Wildman–Crippen MR) is 111 cm³/mol. The third kappa shape index (κ3) is 3.57. The number of hydrogen-bond donors (Lipinski definition) is 1. The van der Waals surface area contributed by atoms with Gasteiger partial charge >= 0.3 is 0 Å². The summed E-state index contributed by atoms with van der Waals surface area (Å²) in [5.41, 5.74) is 0.505. The van der Waals surface area contributed by atoms with Crippen molar-refractivity contribution in [2.75, 3.05) is 14.2 Å². The average molecular weight is 427 g/mol. The molecule has 0 amide bonds. The number of aromatic nitrogens is 5. The Morgan fingerprint density at radius 3 is 2.57 bits per heavy atom. The highest BCUT2D eigenvalue weighted by atomic mass is 32.1. The number of halogens is 1. The Hall–Kier alpha value is -3.53. The van der Waals surface area contributed by atoms with Gasteiger partial charge in [0.15, 0.2) is 22.1 Å². The third-order valence-electron chi connectivity index (χ3n) is 4.74. The molecule has 1 N–H and O–H groups in total. The van der Waals surface area contributed by atoms with Gasteiger partial charge in [0, 0.05) is 5.39 Å². The van der Waals surface area contributed by atoms with E-state index in [4.69, 9.17) is 21.7 Å². The minimum absolute atomic E-state index is 0.0868. The van der Waals surface area contributed by atoms with Crippen LogP contribution in [-0.4, -0.2) is 38.8 Å². The van der Waals surface area contributed by atoms with Gasteiger partial charge in [0.1, 0.15) is 12.4 Å². The minimum atomic E-state index is -0.342. The van der Waals surface area contributed by atoms with Gasteiger partial charge in [-0.3, -0.25) is 14.5 Å². The SMILES string of the molecule is COc1ccc2cnn(Cc3n[nH]c(=S)n3Cc3ccc(F)cc3)c(=O)c2c1OC. The number of nitrogens with zero attached hydrogens (tertiary/aromatic N) is 4. The molecule has 0 spiro atoms. The number of hydrogen-bond acceptors (Lipinski definition) is 6. The van der Waals surface area contributed by atoms with Gasteiger partial charge in [-0.25, -0.2) is 9.07 Å². The smallest absolute Gasteiger partial charge is 0.278 e. The first-order chi connectivity index (χ1) is 14.5. The summed E-state index contributed by atoms with van der Waals surface area (Å²) >= 11 is 5.32. The minimum Gasteiger partial charge on any atom is -0.493 e. The van der Waals surface area contributed by atoms with E-state index in [1.807, 2.05) is 0 Å². The Labute approximate surface area is 175 Å². The molecule has 8 nitrogen and oxygen atoms in total. The summed E-state index contributed by atoms with van der Waals surface area (Å²) in [6, 6.07) is 9.58. The third-order valence-corrected chi connectivity index (χ3v) is 5.06. The van der Waals surface area contributed by atoms with E-state index >= 15 is 0 Å². The number of fused-ring (bicyclic) bond motifs is 1. The van der Waals surface area contributed by atoms with Gasteiger partial charge in [-0.1, -0.05) is 12.1 Å². The van der Waals surface area contributed by atoms with E-state index in [9.17, 15) is 9.18 Å². The van der Waals surface area contributed by atoms with Crippen LogP contribution in [0.15, 0.2) is 47.4 Å².